The smallest absolute Gasteiger partial charge is 0.326 e. The number of hydrogen-bond donors (Lipinski definition) is 1. The highest BCUT2D eigenvalue weighted by molar-refractivity contribution is 5.92. The van der Waals surface area contributed by atoms with Crippen molar-refractivity contribution in [2.24, 2.45) is 0 Å². The molecule has 1 saturated carbocycles. The molecule has 2 aliphatic rings. The van der Waals surface area contributed by atoms with Crippen LogP contribution in [-0.2, 0) is 15.0 Å². The summed E-state index contributed by atoms with van der Waals surface area (Å²) in [4.78, 5) is 26.1. The molecule has 21 heavy (non-hydrogen) atoms. The summed E-state index contributed by atoms with van der Waals surface area (Å²) >= 11 is 0. The number of amides is 1. The second-order valence-corrected chi connectivity index (χ2v) is 6.15. The zero-order valence-electron chi connectivity index (χ0n) is 12.1. The minimum atomic E-state index is -0.870. The second-order valence-electron chi connectivity index (χ2n) is 6.15. The van der Waals surface area contributed by atoms with Crippen molar-refractivity contribution in [1.82, 2.24) is 4.90 Å². The maximum atomic E-state index is 13.1. The van der Waals surface area contributed by atoms with E-state index in [1.807, 2.05) is 30.3 Å². The number of rotatable bonds is 3. The van der Waals surface area contributed by atoms with Gasteiger partial charge in [-0.2, -0.15) is 0 Å². The van der Waals surface area contributed by atoms with E-state index in [4.69, 9.17) is 0 Å². The molecule has 1 aromatic carbocycles. The van der Waals surface area contributed by atoms with Gasteiger partial charge < -0.3 is 10.0 Å². The summed E-state index contributed by atoms with van der Waals surface area (Å²) < 4.78 is 0. The first kappa shape index (κ1) is 14.1. The van der Waals surface area contributed by atoms with Crippen LogP contribution in [0.15, 0.2) is 30.3 Å². The first-order valence-corrected chi connectivity index (χ1v) is 7.74. The first-order valence-electron chi connectivity index (χ1n) is 7.74. The number of hydrogen-bond acceptors (Lipinski definition) is 2. The van der Waals surface area contributed by atoms with Gasteiger partial charge in [-0.25, -0.2) is 4.79 Å². The molecule has 1 aliphatic heterocycles. The second kappa shape index (κ2) is 5.51. The molecule has 1 unspecified atom stereocenters. The summed E-state index contributed by atoms with van der Waals surface area (Å²) in [5.74, 6) is -0.849. The highest BCUT2D eigenvalue weighted by Crippen LogP contribution is 2.46. The molecular formula is C17H21NO3. The third-order valence-electron chi connectivity index (χ3n) is 4.99. The summed E-state index contributed by atoms with van der Waals surface area (Å²) in [6.45, 7) is 0.574. The van der Waals surface area contributed by atoms with E-state index in [0.29, 0.717) is 13.0 Å². The number of benzene rings is 1. The Bertz CT molecular complexity index is 536. The van der Waals surface area contributed by atoms with E-state index in [9.17, 15) is 14.7 Å². The zero-order chi connectivity index (χ0) is 14.9. The molecule has 0 aromatic heterocycles. The molecule has 112 valence electrons. The molecule has 1 N–H and O–H groups in total. The van der Waals surface area contributed by atoms with Crippen molar-refractivity contribution >= 4 is 11.9 Å². The minimum Gasteiger partial charge on any atom is -0.480 e. The van der Waals surface area contributed by atoms with Gasteiger partial charge in [0.2, 0.25) is 5.91 Å². The monoisotopic (exact) mass is 287 g/mol. The molecule has 0 bridgehead atoms. The number of carboxylic acid groups (broad SMARTS) is 1. The van der Waals surface area contributed by atoms with Crippen LogP contribution in [0.5, 0.6) is 0 Å². The summed E-state index contributed by atoms with van der Waals surface area (Å²) in [6.07, 6.45) is 5.06. The number of aliphatic carboxylic acids is 1. The normalized spacial score (nSPS) is 24.2. The number of nitrogens with zero attached hydrogens (tertiary/aromatic N) is 1. The van der Waals surface area contributed by atoms with E-state index in [2.05, 4.69) is 0 Å². The van der Waals surface area contributed by atoms with Gasteiger partial charge in [0.15, 0.2) is 0 Å². The molecule has 1 saturated heterocycles. The maximum Gasteiger partial charge on any atom is 0.326 e. The van der Waals surface area contributed by atoms with E-state index in [0.717, 1.165) is 37.7 Å². The van der Waals surface area contributed by atoms with E-state index in [1.165, 1.54) is 0 Å². The standard InChI is InChI=1S/C17H21NO3/c19-15(20)14-9-4-5-12-18(14)16(21)17(10-6-11-17)13-7-2-1-3-8-13/h1-3,7-8,14H,4-6,9-12H2,(H,19,20). The van der Waals surface area contributed by atoms with Crippen LogP contribution in [-0.4, -0.2) is 34.5 Å². The molecule has 2 fully saturated rings. The van der Waals surface area contributed by atoms with Crippen LogP contribution in [0, 0.1) is 0 Å². The number of carbonyl (C=O) groups excluding carboxylic acids is 1. The summed E-state index contributed by atoms with van der Waals surface area (Å²) in [5.41, 5.74) is 0.558. The van der Waals surface area contributed by atoms with Crippen LogP contribution in [0.25, 0.3) is 0 Å². The quantitative estimate of drug-likeness (QED) is 0.929. The Morgan fingerprint density at radius 3 is 2.38 bits per heavy atom. The van der Waals surface area contributed by atoms with E-state index < -0.39 is 17.4 Å². The number of likely N-dealkylation sites (tertiary alicyclic amines) is 1. The van der Waals surface area contributed by atoms with Gasteiger partial charge in [-0.05, 0) is 37.7 Å². The topological polar surface area (TPSA) is 57.6 Å². The van der Waals surface area contributed by atoms with E-state index >= 15 is 0 Å². The summed E-state index contributed by atoms with van der Waals surface area (Å²) in [6, 6.07) is 9.20. The third kappa shape index (κ3) is 2.33. The average Bonchev–Trinajstić information content (AvgIpc) is 2.47. The Hall–Kier alpha value is -1.84. The lowest BCUT2D eigenvalue weighted by Gasteiger charge is -2.46. The molecule has 1 amide bonds. The van der Waals surface area contributed by atoms with E-state index in [-0.39, 0.29) is 5.91 Å². The van der Waals surface area contributed by atoms with Crippen LogP contribution < -0.4 is 0 Å². The van der Waals surface area contributed by atoms with Crippen molar-refractivity contribution in [3.63, 3.8) is 0 Å². The Labute approximate surface area is 124 Å². The number of carbonyl (C=O) groups is 2. The van der Waals surface area contributed by atoms with Crippen molar-refractivity contribution in [1.29, 1.82) is 0 Å². The molecule has 1 aromatic rings. The van der Waals surface area contributed by atoms with Crippen LogP contribution in [0.4, 0.5) is 0 Å². The molecule has 4 heteroatoms. The molecule has 1 aliphatic carbocycles. The molecule has 3 rings (SSSR count). The Morgan fingerprint density at radius 1 is 1.10 bits per heavy atom. The Balaban J connectivity index is 1.90. The SMILES string of the molecule is O=C(O)C1CCCCN1C(=O)C1(c2ccccc2)CCC1. The van der Waals surface area contributed by atoms with Crippen molar-refractivity contribution in [2.75, 3.05) is 6.54 Å². The Morgan fingerprint density at radius 2 is 1.81 bits per heavy atom. The highest BCUT2D eigenvalue weighted by Gasteiger charge is 2.49. The van der Waals surface area contributed by atoms with Crippen molar-refractivity contribution in [2.45, 2.75) is 50.0 Å². The molecular weight excluding hydrogens is 266 g/mol. The predicted molar refractivity (Wildman–Crippen MR) is 79.0 cm³/mol. The minimum absolute atomic E-state index is 0.0204. The highest BCUT2D eigenvalue weighted by atomic mass is 16.4. The fourth-order valence-electron chi connectivity index (χ4n) is 3.62. The average molecular weight is 287 g/mol. The molecule has 1 atom stereocenters. The van der Waals surface area contributed by atoms with Gasteiger partial charge >= 0.3 is 5.97 Å². The van der Waals surface area contributed by atoms with Gasteiger partial charge in [0.1, 0.15) is 6.04 Å². The van der Waals surface area contributed by atoms with Gasteiger partial charge in [0, 0.05) is 6.54 Å². The van der Waals surface area contributed by atoms with Gasteiger partial charge in [-0.3, -0.25) is 4.79 Å². The number of carboxylic acids is 1. The van der Waals surface area contributed by atoms with Crippen LogP contribution >= 0.6 is 0 Å². The summed E-state index contributed by atoms with van der Waals surface area (Å²) in [7, 11) is 0. The van der Waals surface area contributed by atoms with Crippen LogP contribution in [0.3, 0.4) is 0 Å². The van der Waals surface area contributed by atoms with Gasteiger partial charge in [0.25, 0.3) is 0 Å². The fraction of sp³-hybridized carbons (Fsp3) is 0.529. The lowest BCUT2D eigenvalue weighted by Crippen LogP contribution is -2.57. The molecule has 1 heterocycles. The van der Waals surface area contributed by atoms with Gasteiger partial charge in [-0.1, -0.05) is 36.8 Å². The van der Waals surface area contributed by atoms with Crippen LogP contribution in [0.1, 0.15) is 44.1 Å². The van der Waals surface area contributed by atoms with Crippen LogP contribution in [0.2, 0.25) is 0 Å². The third-order valence-corrected chi connectivity index (χ3v) is 4.99. The zero-order valence-corrected chi connectivity index (χ0v) is 12.1. The van der Waals surface area contributed by atoms with Gasteiger partial charge in [0.05, 0.1) is 5.41 Å². The number of piperidine rings is 1. The van der Waals surface area contributed by atoms with E-state index in [1.54, 1.807) is 4.90 Å². The molecule has 0 spiro atoms. The van der Waals surface area contributed by atoms with Crippen molar-refractivity contribution < 1.29 is 14.7 Å². The maximum absolute atomic E-state index is 13.1. The van der Waals surface area contributed by atoms with Crippen molar-refractivity contribution in [3.8, 4) is 0 Å². The molecule has 4 nitrogen and oxygen atoms in total. The predicted octanol–water partition coefficient (Wildman–Crippen LogP) is 2.57. The van der Waals surface area contributed by atoms with Gasteiger partial charge in [-0.15, -0.1) is 0 Å². The van der Waals surface area contributed by atoms with Crippen molar-refractivity contribution in [3.05, 3.63) is 35.9 Å². The fourth-order valence-corrected chi connectivity index (χ4v) is 3.62. The lowest BCUT2D eigenvalue weighted by atomic mass is 9.63. The molecule has 0 radical (unpaired) electrons. The first-order chi connectivity index (χ1) is 10.1. The lowest BCUT2D eigenvalue weighted by molar-refractivity contribution is -0.156. The Kier molecular flexibility index (Phi) is 3.70. The largest absolute Gasteiger partial charge is 0.480 e. The summed E-state index contributed by atoms with van der Waals surface area (Å²) in [5, 5.41) is 9.39.